The van der Waals surface area contributed by atoms with Crippen molar-refractivity contribution < 1.29 is 9.47 Å². The number of benzene rings is 1. The summed E-state index contributed by atoms with van der Waals surface area (Å²) in [7, 11) is 0. The summed E-state index contributed by atoms with van der Waals surface area (Å²) in [6.45, 7) is 4.37. The van der Waals surface area contributed by atoms with Crippen LogP contribution in [0, 0.1) is 6.92 Å². The molecular formula is C12H16BrNO2. The molecule has 1 aliphatic heterocycles. The summed E-state index contributed by atoms with van der Waals surface area (Å²) in [5.74, 6) is 0. The van der Waals surface area contributed by atoms with E-state index in [9.17, 15) is 0 Å². The number of rotatable bonds is 4. The third kappa shape index (κ3) is 3.20. The lowest BCUT2D eigenvalue weighted by Crippen LogP contribution is -2.14. The molecule has 1 fully saturated rings. The zero-order chi connectivity index (χ0) is 11.4. The smallest absolute Gasteiger partial charge is 0.159 e. The summed E-state index contributed by atoms with van der Waals surface area (Å²) < 4.78 is 11.8. The predicted octanol–water partition coefficient (Wildman–Crippen LogP) is 2.93. The Balaban J connectivity index is 1.80. The lowest BCUT2D eigenvalue weighted by molar-refractivity contribution is -0.0439. The van der Waals surface area contributed by atoms with Gasteiger partial charge in [-0.25, -0.2) is 0 Å². The van der Waals surface area contributed by atoms with E-state index in [2.05, 4.69) is 46.4 Å². The van der Waals surface area contributed by atoms with E-state index in [1.807, 2.05) is 0 Å². The maximum Gasteiger partial charge on any atom is 0.159 e. The van der Waals surface area contributed by atoms with Gasteiger partial charge in [-0.2, -0.15) is 0 Å². The molecule has 0 aromatic heterocycles. The van der Waals surface area contributed by atoms with Crippen LogP contribution in [0.5, 0.6) is 0 Å². The summed E-state index contributed by atoms with van der Waals surface area (Å²) in [6, 6.07) is 6.27. The van der Waals surface area contributed by atoms with E-state index in [1.165, 1.54) is 5.56 Å². The highest BCUT2D eigenvalue weighted by atomic mass is 79.9. The van der Waals surface area contributed by atoms with Crippen molar-refractivity contribution in [3.05, 3.63) is 28.2 Å². The van der Waals surface area contributed by atoms with E-state index in [-0.39, 0.29) is 6.29 Å². The molecule has 1 heterocycles. The number of halogens is 1. The van der Waals surface area contributed by atoms with E-state index in [4.69, 9.17) is 9.47 Å². The van der Waals surface area contributed by atoms with Gasteiger partial charge < -0.3 is 14.8 Å². The second-order valence-electron chi connectivity index (χ2n) is 3.87. The first-order chi connectivity index (χ1) is 7.75. The minimum atomic E-state index is -0.0308. The Bertz CT molecular complexity index is 351. The summed E-state index contributed by atoms with van der Waals surface area (Å²) in [6.07, 6.45) is 0.845. The minimum Gasteiger partial charge on any atom is -0.384 e. The fraction of sp³-hybridized carbons (Fsp3) is 0.500. The average molecular weight is 286 g/mol. The van der Waals surface area contributed by atoms with Gasteiger partial charge in [0.05, 0.1) is 13.2 Å². The van der Waals surface area contributed by atoms with Crippen LogP contribution in [0.1, 0.15) is 12.0 Å². The monoisotopic (exact) mass is 285 g/mol. The van der Waals surface area contributed by atoms with Crippen molar-refractivity contribution in [3.8, 4) is 0 Å². The molecule has 0 atom stereocenters. The number of aryl methyl sites for hydroxylation is 1. The van der Waals surface area contributed by atoms with Crippen LogP contribution in [-0.4, -0.2) is 26.0 Å². The highest BCUT2D eigenvalue weighted by molar-refractivity contribution is 9.10. The number of nitrogens with one attached hydrogen (secondary N) is 1. The first-order valence-electron chi connectivity index (χ1n) is 5.49. The van der Waals surface area contributed by atoms with Crippen LogP contribution < -0.4 is 5.32 Å². The van der Waals surface area contributed by atoms with Gasteiger partial charge in [0, 0.05) is 23.1 Å². The predicted molar refractivity (Wildman–Crippen MR) is 67.7 cm³/mol. The van der Waals surface area contributed by atoms with Gasteiger partial charge in [-0.3, -0.25) is 0 Å². The van der Waals surface area contributed by atoms with Crippen molar-refractivity contribution in [1.29, 1.82) is 0 Å². The molecule has 0 aliphatic carbocycles. The number of hydrogen-bond acceptors (Lipinski definition) is 3. The molecule has 4 heteroatoms. The maximum atomic E-state index is 5.37. The topological polar surface area (TPSA) is 30.5 Å². The second kappa shape index (κ2) is 5.66. The van der Waals surface area contributed by atoms with E-state index in [1.54, 1.807) is 0 Å². The lowest BCUT2D eigenvalue weighted by Gasteiger charge is -2.12. The molecule has 0 bridgehead atoms. The molecule has 0 amide bonds. The molecule has 2 rings (SSSR count). The van der Waals surface area contributed by atoms with Crippen LogP contribution in [0.15, 0.2) is 22.7 Å². The highest BCUT2D eigenvalue weighted by Crippen LogP contribution is 2.23. The van der Waals surface area contributed by atoms with Gasteiger partial charge in [0.2, 0.25) is 0 Å². The molecule has 1 aromatic carbocycles. The van der Waals surface area contributed by atoms with Crippen molar-refractivity contribution >= 4 is 21.6 Å². The number of anilines is 1. The summed E-state index contributed by atoms with van der Waals surface area (Å²) in [5.41, 5.74) is 2.36. The van der Waals surface area contributed by atoms with Crippen molar-refractivity contribution in [2.75, 3.05) is 25.1 Å². The van der Waals surface area contributed by atoms with Crippen molar-refractivity contribution in [1.82, 2.24) is 0 Å². The van der Waals surface area contributed by atoms with Gasteiger partial charge in [-0.15, -0.1) is 0 Å². The molecule has 0 saturated carbocycles. The Morgan fingerprint density at radius 2 is 2.12 bits per heavy atom. The summed E-state index contributed by atoms with van der Waals surface area (Å²) in [4.78, 5) is 0. The summed E-state index contributed by atoms with van der Waals surface area (Å²) >= 11 is 3.54. The lowest BCUT2D eigenvalue weighted by atomic mass is 10.2. The van der Waals surface area contributed by atoms with Crippen LogP contribution in [0.4, 0.5) is 5.69 Å². The molecule has 3 nitrogen and oxygen atoms in total. The average Bonchev–Trinajstić information content (AvgIpc) is 2.74. The standard InChI is InChI=1S/C12H16BrNO2/c1-9-2-3-11(10(13)8-9)14-5-4-12-15-6-7-16-12/h2-3,8,12,14H,4-7H2,1H3. The Kier molecular flexibility index (Phi) is 4.21. The first-order valence-corrected chi connectivity index (χ1v) is 6.28. The van der Waals surface area contributed by atoms with Crippen LogP contribution in [0.3, 0.4) is 0 Å². The van der Waals surface area contributed by atoms with Gasteiger partial charge in [0.25, 0.3) is 0 Å². The van der Waals surface area contributed by atoms with Gasteiger partial charge in [0.1, 0.15) is 0 Å². The Morgan fingerprint density at radius 1 is 1.38 bits per heavy atom. The second-order valence-corrected chi connectivity index (χ2v) is 4.72. The van der Waals surface area contributed by atoms with E-state index < -0.39 is 0 Å². The van der Waals surface area contributed by atoms with Gasteiger partial charge >= 0.3 is 0 Å². The summed E-state index contributed by atoms with van der Waals surface area (Å²) in [5, 5.41) is 3.36. The minimum absolute atomic E-state index is 0.0308. The van der Waals surface area contributed by atoms with Crippen molar-refractivity contribution in [2.24, 2.45) is 0 Å². The van der Waals surface area contributed by atoms with Crippen LogP contribution in [0.25, 0.3) is 0 Å². The normalized spacial score (nSPS) is 16.6. The quantitative estimate of drug-likeness (QED) is 0.923. The third-order valence-corrected chi connectivity index (χ3v) is 3.17. The molecular weight excluding hydrogens is 270 g/mol. The zero-order valence-corrected chi connectivity index (χ0v) is 10.9. The van der Waals surface area contributed by atoms with E-state index >= 15 is 0 Å². The molecule has 1 N–H and O–H groups in total. The number of ether oxygens (including phenoxy) is 2. The zero-order valence-electron chi connectivity index (χ0n) is 9.33. The number of hydrogen-bond donors (Lipinski definition) is 1. The Hall–Kier alpha value is -0.580. The molecule has 88 valence electrons. The Morgan fingerprint density at radius 3 is 2.81 bits per heavy atom. The van der Waals surface area contributed by atoms with Crippen LogP contribution >= 0.6 is 15.9 Å². The van der Waals surface area contributed by atoms with Crippen LogP contribution in [-0.2, 0) is 9.47 Å². The van der Waals surface area contributed by atoms with E-state index in [0.717, 1.165) is 36.3 Å². The Labute approximate surface area is 104 Å². The van der Waals surface area contributed by atoms with Crippen molar-refractivity contribution in [2.45, 2.75) is 19.6 Å². The molecule has 0 radical (unpaired) electrons. The van der Waals surface area contributed by atoms with Gasteiger partial charge in [-0.1, -0.05) is 6.07 Å². The largest absolute Gasteiger partial charge is 0.384 e. The van der Waals surface area contributed by atoms with Crippen molar-refractivity contribution in [3.63, 3.8) is 0 Å². The molecule has 1 saturated heterocycles. The fourth-order valence-corrected chi connectivity index (χ4v) is 2.30. The molecule has 0 spiro atoms. The third-order valence-electron chi connectivity index (χ3n) is 2.51. The van der Waals surface area contributed by atoms with Gasteiger partial charge in [0.15, 0.2) is 6.29 Å². The molecule has 1 aromatic rings. The molecule has 16 heavy (non-hydrogen) atoms. The maximum absolute atomic E-state index is 5.37. The first kappa shape index (κ1) is 11.9. The highest BCUT2D eigenvalue weighted by Gasteiger charge is 2.14. The van der Waals surface area contributed by atoms with Crippen LogP contribution in [0.2, 0.25) is 0 Å². The fourth-order valence-electron chi connectivity index (χ4n) is 1.66. The molecule has 0 unspecified atom stereocenters. The van der Waals surface area contributed by atoms with E-state index in [0.29, 0.717) is 0 Å². The molecule has 1 aliphatic rings. The SMILES string of the molecule is Cc1ccc(NCCC2OCCO2)c(Br)c1. The van der Waals surface area contributed by atoms with Gasteiger partial charge in [-0.05, 0) is 40.5 Å².